The molecule has 0 aromatic carbocycles. The van der Waals surface area contributed by atoms with Gasteiger partial charge in [0.2, 0.25) is 0 Å². The molecule has 0 atom stereocenters. The Kier molecular flexibility index (Phi) is 5.91. The first-order chi connectivity index (χ1) is 8.17. The van der Waals surface area contributed by atoms with E-state index in [1.165, 1.54) is 0 Å². The van der Waals surface area contributed by atoms with Crippen molar-refractivity contribution in [1.29, 1.82) is 0 Å². The summed E-state index contributed by atoms with van der Waals surface area (Å²) in [4.78, 5) is 9.04. The van der Waals surface area contributed by atoms with E-state index in [1.54, 1.807) is 7.11 Å². The third-order valence-electron chi connectivity index (χ3n) is 2.47. The summed E-state index contributed by atoms with van der Waals surface area (Å²) >= 11 is 0. The second kappa shape index (κ2) is 7.22. The Labute approximate surface area is 104 Å². The maximum atomic E-state index is 5.07. The van der Waals surface area contributed by atoms with E-state index in [-0.39, 0.29) is 0 Å². The molecule has 0 aliphatic rings. The zero-order valence-electron chi connectivity index (χ0n) is 11.3. The number of nitrogens with one attached hydrogen (secondary N) is 1. The third-order valence-corrected chi connectivity index (χ3v) is 2.47. The van der Waals surface area contributed by atoms with E-state index in [9.17, 15) is 0 Å². The molecule has 1 aromatic heterocycles. The number of rotatable bonds is 7. The lowest BCUT2D eigenvalue weighted by Crippen LogP contribution is -2.09. The summed E-state index contributed by atoms with van der Waals surface area (Å²) in [5.74, 6) is 2.20. The van der Waals surface area contributed by atoms with Crippen LogP contribution in [-0.4, -0.2) is 30.2 Å². The fraction of sp³-hybridized carbons (Fsp3) is 0.692. The molecule has 0 saturated heterocycles. The van der Waals surface area contributed by atoms with Crippen molar-refractivity contribution < 1.29 is 4.74 Å². The molecule has 0 spiro atoms. The topological polar surface area (TPSA) is 47.0 Å². The molecular weight excluding hydrogens is 214 g/mol. The molecule has 1 heterocycles. The average molecular weight is 237 g/mol. The largest absolute Gasteiger partial charge is 0.384 e. The number of hydrogen-bond donors (Lipinski definition) is 1. The Hall–Kier alpha value is -1.16. The van der Waals surface area contributed by atoms with Gasteiger partial charge in [0.05, 0.1) is 6.61 Å². The van der Waals surface area contributed by atoms with Gasteiger partial charge in [-0.15, -0.1) is 0 Å². The van der Waals surface area contributed by atoms with Gasteiger partial charge in [0, 0.05) is 31.8 Å². The summed E-state index contributed by atoms with van der Waals surface area (Å²) in [5.41, 5.74) is 1.09. The van der Waals surface area contributed by atoms with Gasteiger partial charge in [0.25, 0.3) is 0 Å². The van der Waals surface area contributed by atoms with Crippen LogP contribution in [0.2, 0.25) is 0 Å². The van der Waals surface area contributed by atoms with Crippen molar-refractivity contribution in [2.45, 2.75) is 39.5 Å². The van der Waals surface area contributed by atoms with E-state index in [4.69, 9.17) is 4.74 Å². The summed E-state index contributed by atoms with van der Waals surface area (Å²) < 4.78 is 5.07. The van der Waals surface area contributed by atoms with Crippen LogP contribution < -0.4 is 5.32 Å². The fourth-order valence-electron chi connectivity index (χ4n) is 1.46. The van der Waals surface area contributed by atoms with Crippen LogP contribution in [0.4, 0.5) is 5.82 Å². The lowest BCUT2D eigenvalue weighted by Gasteiger charge is -2.11. The van der Waals surface area contributed by atoms with Crippen molar-refractivity contribution in [3.8, 4) is 0 Å². The molecule has 1 N–H and O–H groups in total. The molecule has 96 valence electrons. The molecule has 1 rings (SSSR count). The molecule has 4 nitrogen and oxygen atoms in total. The van der Waals surface area contributed by atoms with Crippen LogP contribution in [-0.2, 0) is 11.2 Å². The standard InChI is InChI=1S/C13H23N3O/c1-5-7-14-13-9-11(10(2)3)15-12(16-13)6-8-17-4/h9-10H,5-8H2,1-4H3,(H,14,15,16). The smallest absolute Gasteiger partial charge is 0.133 e. The molecule has 0 bridgehead atoms. The van der Waals surface area contributed by atoms with Crippen molar-refractivity contribution in [3.63, 3.8) is 0 Å². The van der Waals surface area contributed by atoms with Gasteiger partial charge >= 0.3 is 0 Å². The summed E-state index contributed by atoms with van der Waals surface area (Å²) in [7, 11) is 1.70. The Morgan fingerprint density at radius 3 is 2.71 bits per heavy atom. The lowest BCUT2D eigenvalue weighted by molar-refractivity contribution is 0.200. The van der Waals surface area contributed by atoms with Crippen LogP contribution in [0.1, 0.15) is 44.6 Å². The number of nitrogens with zero attached hydrogens (tertiary/aromatic N) is 2. The molecular formula is C13H23N3O. The van der Waals surface area contributed by atoms with E-state index in [0.29, 0.717) is 12.5 Å². The number of methoxy groups -OCH3 is 1. The minimum Gasteiger partial charge on any atom is -0.384 e. The highest BCUT2D eigenvalue weighted by atomic mass is 16.5. The number of ether oxygens (including phenoxy) is 1. The Bertz CT molecular complexity index is 313. The van der Waals surface area contributed by atoms with Crippen LogP contribution in [0.5, 0.6) is 0 Å². The average Bonchev–Trinajstić information content (AvgIpc) is 2.33. The highest BCUT2D eigenvalue weighted by Gasteiger charge is 2.07. The molecule has 1 aromatic rings. The Balaban J connectivity index is 2.84. The monoisotopic (exact) mass is 237 g/mol. The number of anilines is 1. The lowest BCUT2D eigenvalue weighted by atomic mass is 10.1. The molecule has 0 saturated carbocycles. The predicted octanol–water partition coefficient (Wildman–Crippen LogP) is 2.61. The normalized spacial score (nSPS) is 10.9. The first kappa shape index (κ1) is 13.9. The SMILES string of the molecule is CCCNc1cc(C(C)C)nc(CCOC)n1. The van der Waals surface area contributed by atoms with Crippen molar-refractivity contribution in [2.24, 2.45) is 0 Å². The van der Waals surface area contributed by atoms with Crippen molar-refractivity contribution in [3.05, 3.63) is 17.6 Å². The highest BCUT2D eigenvalue weighted by molar-refractivity contribution is 5.36. The van der Waals surface area contributed by atoms with E-state index in [2.05, 4.69) is 36.1 Å². The van der Waals surface area contributed by atoms with E-state index < -0.39 is 0 Å². The third kappa shape index (κ3) is 4.69. The van der Waals surface area contributed by atoms with Gasteiger partial charge < -0.3 is 10.1 Å². The summed E-state index contributed by atoms with van der Waals surface area (Å²) in [6.07, 6.45) is 1.85. The van der Waals surface area contributed by atoms with Gasteiger partial charge in [-0.3, -0.25) is 0 Å². The molecule has 0 aliphatic heterocycles. The van der Waals surface area contributed by atoms with Crippen LogP contribution >= 0.6 is 0 Å². The minimum absolute atomic E-state index is 0.418. The fourth-order valence-corrected chi connectivity index (χ4v) is 1.46. The summed E-state index contributed by atoms with van der Waals surface area (Å²) in [5, 5.41) is 3.31. The van der Waals surface area contributed by atoms with Gasteiger partial charge in [-0.05, 0) is 12.3 Å². The van der Waals surface area contributed by atoms with Crippen molar-refractivity contribution >= 4 is 5.82 Å². The van der Waals surface area contributed by atoms with Crippen LogP contribution in [0.15, 0.2) is 6.07 Å². The molecule has 17 heavy (non-hydrogen) atoms. The molecule has 0 amide bonds. The number of aromatic nitrogens is 2. The minimum atomic E-state index is 0.418. The van der Waals surface area contributed by atoms with E-state index in [0.717, 1.165) is 36.7 Å². The molecule has 0 radical (unpaired) electrons. The Morgan fingerprint density at radius 2 is 2.12 bits per heavy atom. The van der Waals surface area contributed by atoms with Crippen molar-refractivity contribution in [2.75, 3.05) is 25.6 Å². The van der Waals surface area contributed by atoms with Gasteiger partial charge in [0.1, 0.15) is 11.6 Å². The predicted molar refractivity (Wildman–Crippen MR) is 70.5 cm³/mol. The number of hydrogen-bond acceptors (Lipinski definition) is 4. The second-order valence-corrected chi connectivity index (χ2v) is 4.42. The van der Waals surface area contributed by atoms with Gasteiger partial charge in [-0.1, -0.05) is 20.8 Å². The first-order valence-corrected chi connectivity index (χ1v) is 6.28. The zero-order valence-corrected chi connectivity index (χ0v) is 11.3. The van der Waals surface area contributed by atoms with E-state index >= 15 is 0 Å². The zero-order chi connectivity index (χ0) is 12.7. The van der Waals surface area contributed by atoms with Gasteiger partial charge in [-0.2, -0.15) is 0 Å². The van der Waals surface area contributed by atoms with Crippen LogP contribution in [0, 0.1) is 0 Å². The summed E-state index contributed by atoms with van der Waals surface area (Å²) in [6, 6.07) is 2.04. The van der Waals surface area contributed by atoms with Crippen LogP contribution in [0.25, 0.3) is 0 Å². The second-order valence-electron chi connectivity index (χ2n) is 4.42. The molecule has 0 aliphatic carbocycles. The molecule has 4 heteroatoms. The highest BCUT2D eigenvalue weighted by Crippen LogP contribution is 2.15. The van der Waals surface area contributed by atoms with Crippen molar-refractivity contribution in [1.82, 2.24) is 9.97 Å². The molecule has 0 fully saturated rings. The Morgan fingerprint density at radius 1 is 1.35 bits per heavy atom. The van der Waals surface area contributed by atoms with E-state index in [1.807, 2.05) is 6.07 Å². The maximum Gasteiger partial charge on any atom is 0.133 e. The maximum absolute atomic E-state index is 5.07. The quantitative estimate of drug-likeness (QED) is 0.792. The van der Waals surface area contributed by atoms with Gasteiger partial charge in [-0.25, -0.2) is 9.97 Å². The molecule has 0 unspecified atom stereocenters. The van der Waals surface area contributed by atoms with Gasteiger partial charge in [0.15, 0.2) is 0 Å². The first-order valence-electron chi connectivity index (χ1n) is 6.28. The van der Waals surface area contributed by atoms with Crippen LogP contribution in [0.3, 0.4) is 0 Å². The summed E-state index contributed by atoms with van der Waals surface area (Å²) in [6.45, 7) is 8.04.